The molecule has 7 heteroatoms. The third-order valence-electron chi connectivity index (χ3n) is 2.89. The standard InChI is InChI=1S/C11H17ClFN3O2/c1-4-15(5-2)6-7(3)16-10(17)8(13)9(12)14-11(16)18/h7H,4-6H2,1-3H3,(H,14,18). The number of halogens is 2. The van der Waals surface area contributed by atoms with Gasteiger partial charge in [0.1, 0.15) is 0 Å². The van der Waals surface area contributed by atoms with Crippen molar-refractivity contribution < 1.29 is 4.39 Å². The molecule has 0 bridgehead atoms. The van der Waals surface area contributed by atoms with Crippen molar-refractivity contribution in [3.63, 3.8) is 0 Å². The molecule has 0 saturated carbocycles. The zero-order valence-electron chi connectivity index (χ0n) is 10.7. The summed E-state index contributed by atoms with van der Waals surface area (Å²) in [4.78, 5) is 27.5. The molecule has 5 nitrogen and oxygen atoms in total. The summed E-state index contributed by atoms with van der Waals surface area (Å²) in [7, 11) is 0. The number of nitrogens with one attached hydrogen (secondary N) is 1. The number of rotatable bonds is 5. The molecule has 1 aromatic rings. The van der Waals surface area contributed by atoms with Crippen LogP contribution in [0.2, 0.25) is 5.15 Å². The Balaban J connectivity index is 3.14. The molecule has 102 valence electrons. The zero-order chi connectivity index (χ0) is 13.9. The number of likely N-dealkylation sites (N-methyl/N-ethyl adjacent to an activating group) is 1. The Hall–Kier alpha value is -1.14. The SMILES string of the molecule is CCN(CC)CC(C)n1c(=O)[nH]c(Cl)c(F)c1=O. The Bertz CT molecular complexity index is 522. The number of H-pyrrole nitrogens is 1. The van der Waals surface area contributed by atoms with E-state index in [9.17, 15) is 14.0 Å². The topological polar surface area (TPSA) is 58.1 Å². The molecule has 0 saturated heterocycles. The van der Waals surface area contributed by atoms with Crippen LogP contribution in [0.25, 0.3) is 0 Å². The molecule has 1 rings (SSSR count). The van der Waals surface area contributed by atoms with Crippen molar-refractivity contribution in [3.05, 3.63) is 31.8 Å². The monoisotopic (exact) mass is 277 g/mol. The Morgan fingerprint density at radius 2 is 1.94 bits per heavy atom. The summed E-state index contributed by atoms with van der Waals surface area (Å²) in [6.45, 7) is 7.74. The fraction of sp³-hybridized carbons (Fsp3) is 0.636. The van der Waals surface area contributed by atoms with Gasteiger partial charge in [-0.1, -0.05) is 25.4 Å². The van der Waals surface area contributed by atoms with E-state index in [-0.39, 0.29) is 0 Å². The van der Waals surface area contributed by atoms with Crippen LogP contribution >= 0.6 is 11.6 Å². The van der Waals surface area contributed by atoms with Gasteiger partial charge in [0.15, 0.2) is 5.15 Å². The third kappa shape index (κ3) is 3.00. The molecule has 0 aromatic carbocycles. The Morgan fingerprint density at radius 1 is 1.39 bits per heavy atom. The molecule has 1 heterocycles. The Labute approximate surface area is 109 Å². The average molecular weight is 278 g/mol. The lowest BCUT2D eigenvalue weighted by Crippen LogP contribution is -2.43. The van der Waals surface area contributed by atoms with E-state index >= 15 is 0 Å². The summed E-state index contributed by atoms with van der Waals surface area (Å²) in [5.74, 6) is -1.12. The maximum absolute atomic E-state index is 13.4. The van der Waals surface area contributed by atoms with Gasteiger partial charge in [-0.25, -0.2) is 4.79 Å². The first kappa shape index (κ1) is 14.9. The highest BCUT2D eigenvalue weighted by Gasteiger charge is 2.18. The molecular formula is C11H17ClFN3O2. The first-order chi connectivity index (χ1) is 8.42. The maximum Gasteiger partial charge on any atom is 0.329 e. The quantitative estimate of drug-likeness (QED) is 0.824. The van der Waals surface area contributed by atoms with Gasteiger partial charge >= 0.3 is 5.69 Å². The van der Waals surface area contributed by atoms with Crippen molar-refractivity contribution in [3.8, 4) is 0 Å². The largest absolute Gasteiger partial charge is 0.329 e. The van der Waals surface area contributed by atoms with E-state index in [2.05, 4.69) is 4.98 Å². The fourth-order valence-electron chi connectivity index (χ4n) is 1.84. The van der Waals surface area contributed by atoms with Crippen LogP contribution in [0.15, 0.2) is 9.59 Å². The highest BCUT2D eigenvalue weighted by Crippen LogP contribution is 2.06. The molecular weight excluding hydrogens is 261 g/mol. The van der Waals surface area contributed by atoms with Gasteiger partial charge in [0, 0.05) is 6.54 Å². The van der Waals surface area contributed by atoms with E-state index in [1.165, 1.54) is 0 Å². The van der Waals surface area contributed by atoms with Crippen LogP contribution in [0.5, 0.6) is 0 Å². The summed E-state index contributed by atoms with van der Waals surface area (Å²) in [5.41, 5.74) is -1.67. The lowest BCUT2D eigenvalue weighted by molar-refractivity contribution is 0.254. The zero-order valence-corrected chi connectivity index (χ0v) is 11.4. The van der Waals surface area contributed by atoms with Crippen molar-refractivity contribution in [2.75, 3.05) is 19.6 Å². The van der Waals surface area contributed by atoms with Gasteiger partial charge in [0.25, 0.3) is 5.56 Å². The Kier molecular flexibility index (Phi) is 5.10. The van der Waals surface area contributed by atoms with Crippen LogP contribution in [0.3, 0.4) is 0 Å². The second-order valence-corrected chi connectivity index (χ2v) is 4.45. The molecule has 1 N–H and O–H groups in total. The fourth-order valence-corrected chi connectivity index (χ4v) is 2.00. The van der Waals surface area contributed by atoms with Crippen LogP contribution in [0, 0.1) is 5.82 Å². The van der Waals surface area contributed by atoms with Gasteiger partial charge < -0.3 is 4.90 Å². The van der Waals surface area contributed by atoms with Gasteiger partial charge in [-0.2, -0.15) is 4.39 Å². The molecule has 0 aliphatic rings. The molecule has 1 aromatic heterocycles. The number of hydrogen-bond donors (Lipinski definition) is 1. The minimum absolute atomic E-state index is 0.423. The van der Waals surface area contributed by atoms with E-state index in [1.807, 2.05) is 18.7 Å². The lowest BCUT2D eigenvalue weighted by atomic mass is 10.3. The predicted molar refractivity (Wildman–Crippen MR) is 68.8 cm³/mol. The van der Waals surface area contributed by atoms with E-state index in [0.717, 1.165) is 17.7 Å². The van der Waals surface area contributed by atoms with Crippen LogP contribution in [0.4, 0.5) is 4.39 Å². The third-order valence-corrected chi connectivity index (χ3v) is 3.15. The molecule has 0 fully saturated rings. The molecule has 0 radical (unpaired) electrons. The van der Waals surface area contributed by atoms with Gasteiger partial charge in [0.2, 0.25) is 5.82 Å². The minimum atomic E-state index is -1.12. The van der Waals surface area contributed by atoms with E-state index < -0.39 is 28.3 Å². The number of hydrogen-bond acceptors (Lipinski definition) is 3. The van der Waals surface area contributed by atoms with Crippen molar-refractivity contribution >= 4 is 11.6 Å². The van der Waals surface area contributed by atoms with E-state index in [0.29, 0.717) is 6.54 Å². The summed E-state index contributed by atoms with van der Waals surface area (Å²) < 4.78 is 14.2. The summed E-state index contributed by atoms with van der Waals surface area (Å²) in [6.07, 6.45) is 0. The Morgan fingerprint density at radius 3 is 2.44 bits per heavy atom. The smallest absolute Gasteiger partial charge is 0.302 e. The van der Waals surface area contributed by atoms with Crippen molar-refractivity contribution in [2.45, 2.75) is 26.8 Å². The van der Waals surface area contributed by atoms with Gasteiger partial charge in [0.05, 0.1) is 6.04 Å². The highest BCUT2D eigenvalue weighted by atomic mass is 35.5. The van der Waals surface area contributed by atoms with Gasteiger partial charge in [-0.3, -0.25) is 14.3 Å². The van der Waals surface area contributed by atoms with Crippen molar-refractivity contribution in [1.82, 2.24) is 14.5 Å². The normalized spacial score (nSPS) is 13.0. The molecule has 0 amide bonds. The summed E-state index contributed by atoms with van der Waals surface area (Å²) in [5, 5.41) is -0.545. The highest BCUT2D eigenvalue weighted by molar-refractivity contribution is 6.29. The number of aromatic nitrogens is 2. The molecule has 1 atom stereocenters. The average Bonchev–Trinajstić information content (AvgIpc) is 2.33. The second kappa shape index (κ2) is 6.15. The van der Waals surface area contributed by atoms with E-state index in [1.54, 1.807) is 6.92 Å². The van der Waals surface area contributed by atoms with Crippen LogP contribution in [-0.4, -0.2) is 34.1 Å². The van der Waals surface area contributed by atoms with Crippen molar-refractivity contribution in [1.29, 1.82) is 0 Å². The second-order valence-electron chi connectivity index (χ2n) is 4.07. The maximum atomic E-state index is 13.4. The molecule has 1 unspecified atom stereocenters. The molecule has 0 spiro atoms. The van der Waals surface area contributed by atoms with Crippen LogP contribution < -0.4 is 11.2 Å². The molecule has 0 aliphatic heterocycles. The summed E-state index contributed by atoms with van der Waals surface area (Å²) >= 11 is 5.40. The van der Waals surface area contributed by atoms with Gasteiger partial charge in [-0.15, -0.1) is 0 Å². The number of aromatic amines is 1. The predicted octanol–water partition coefficient (Wildman–Crippen LogP) is 1.23. The lowest BCUT2D eigenvalue weighted by Gasteiger charge is -2.23. The summed E-state index contributed by atoms with van der Waals surface area (Å²) in [6, 6.07) is -0.423. The minimum Gasteiger partial charge on any atom is -0.302 e. The number of nitrogens with zero attached hydrogens (tertiary/aromatic N) is 2. The first-order valence-electron chi connectivity index (χ1n) is 5.84. The van der Waals surface area contributed by atoms with Crippen LogP contribution in [-0.2, 0) is 0 Å². The molecule has 18 heavy (non-hydrogen) atoms. The molecule has 0 aliphatic carbocycles. The van der Waals surface area contributed by atoms with Crippen LogP contribution in [0.1, 0.15) is 26.8 Å². The van der Waals surface area contributed by atoms with Gasteiger partial charge in [-0.05, 0) is 20.0 Å². The van der Waals surface area contributed by atoms with Crippen molar-refractivity contribution in [2.24, 2.45) is 0 Å². The van der Waals surface area contributed by atoms with E-state index in [4.69, 9.17) is 11.6 Å². The first-order valence-corrected chi connectivity index (χ1v) is 6.22.